The van der Waals surface area contributed by atoms with Crippen molar-refractivity contribution < 1.29 is 4.74 Å². The second kappa shape index (κ2) is 8.28. The number of hydrogen-bond acceptors (Lipinski definition) is 2. The zero-order valence-electron chi connectivity index (χ0n) is 12.6. The second-order valence-corrected chi connectivity index (χ2v) is 5.22. The van der Waals surface area contributed by atoms with E-state index in [1.807, 2.05) is 12.1 Å². The highest BCUT2D eigenvalue weighted by Crippen LogP contribution is 2.12. The lowest BCUT2D eigenvalue weighted by Crippen LogP contribution is -2.27. The monoisotopic (exact) mass is 281 g/mol. The summed E-state index contributed by atoms with van der Waals surface area (Å²) >= 11 is 0. The molecule has 1 unspecified atom stereocenters. The van der Waals surface area contributed by atoms with Crippen LogP contribution in [0.1, 0.15) is 18.1 Å². The molecule has 2 aromatic rings. The Kier molecular flexibility index (Phi) is 6.04. The van der Waals surface area contributed by atoms with Crippen molar-refractivity contribution in [3.63, 3.8) is 0 Å². The van der Waals surface area contributed by atoms with E-state index in [4.69, 9.17) is 4.74 Å². The average molecular weight is 281 g/mol. The molecule has 0 fully saturated rings. The first-order valence-electron chi connectivity index (χ1n) is 7.38. The molecular formula is C19H23NO. The largest absolute Gasteiger partial charge is 0.490 e. The summed E-state index contributed by atoms with van der Waals surface area (Å²) in [6.45, 7) is 7.28. The van der Waals surface area contributed by atoms with Crippen LogP contribution in [0.4, 0.5) is 0 Å². The molecule has 0 radical (unpaired) electrons. The predicted octanol–water partition coefficient (Wildman–Crippen LogP) is 3.97. The van der Waals surface area contributed by atoms with Crippen LogP contribution in [0.25, 0.3) is 0 Å². The van der Waals surface area contributed by atoms with Crippen LogP contribution < -0.4 is 10.1 Å². The SMILES string of the molecule is C=CCOc1ccc(CNC(C)Cc2ccccc2)cc1. The summed E-state index contributed by atoms with van der Waals surface area (Å²) in [5.74, 6) is 0.885. The second-order valence-electron chi connectivity index (χ2n) is 5.22. The van der Waals surface area contributed by atoms with E-state index in [-0.39, 0.29) is 0 Å². The van der Waals surface area contributed by atoms with Crippen LogP contribution in [-0.2, 0) is 13.0 Å². The fourth-order valence-electron chi connectivity index (χ4n) is 2.19. The van der Waals surface area contributed by atoms with Gasteiger partial charge >= 0.3 is 0 Å². The van der Waals surface area contributed by atoms with Crippen molar-refractivity contribution in [1.82, 2.24) is 5.32 Å². The summed E-state index contributed by atoms with van der Waals surface area (Å²) in [7, 11) is 0. The molecule has 1 N–H and O–H groups in total. The number of nitrogens with one attached hydrogen (secondary N) is 1. The molecule has 2 nitrogen and oxygen atoms in total. The third-order valence-electron chi connectivity index (χ3n) is 3.33. The molecule has 0 saturated heterocycles. The van der Waals surface area contributed by atoms with Crippen molar-refractivity contribution >= 4 is 0 Å². The summed E-state index contributed by atoms with van der Waals surface area (Å²) in [5, 5.41) is 3.55. The first-order chi connectivity index (χ1) is 10.3. The lowest BCUT2D eigenvalue weighted by molar-refractivity contribution is 0.363. The van der Waals surface area contributed by atoms with Crippen LogP contribution in [-0.4, -0.2) is 12.6 Å². The topological polar surface area (TPSA) is 21.3 Å². The maximum atomic E-state index is 5.48. The predicted molar refractivity (Wildman–Crippen MR) is 88.6 cm³/mol. The Labute approximate surface area is 127 Å². The molecule has 2 rings (SSSR count). The first-order valence-corrected chi connectivity index (χ1v) is 7.38. The van der Waals surface area contributed by atoms with Crippen molar-refractivity contribution in [2.24, 2.45) is 0 Å². The summed E-state index contributed by atoms with van der Waals surface area (Å²) in [6, 6.07) is 19.2. The van der Waals surface area contributed by atoms with Crippen LogP contribution >= 0.6 is 0 Å². The van der Waals surface area contributed by atoms with E-state index < -0.39 is 0 Å². The van der Waals surface area contributed by atoms with Gasteiger partial charge in [0.05, 0.1) is 0 Å². The van der Waals surface area contributed by atoms with E-state index in [1.54, 1.807) is 6.08 Å². The van der Waals surface area contributed by atoms with Crippen LogP contribution in [0.3, 0.4) is 0 Å². The Balaban J connectivity index is 1.78. The molecule has 0 bridgehead atoms. The molecule has 110 valence electrons. The minimum atomic E-state index is 0.448. The van der Waals surface area contributed by atoms with Crippen LogP contribution in [0.15, 0.2) is 67.3 Å². The lowest BCUT2D eigenvalue weighted by atomic mass is 10.1. The fourth-order valence-corrected chi connectivity index (χ4v) is 2.19. The molecule has 0 spiro atoms. The van der Waals surface area contributed by atoms with Crippen LogP contribution in [0.2, 0.25) is 0 Å². The van der Waals surface area contributed by atoms with Gasteiger partial charge < -0.3 is 10.1 Å². The zero-order valence-corrected chi connectivity index (χ0v) is 12.6. The fraction of sp³-hybridized carbons (Fsp3) is 0.263. The molecule has 0 saturated carbocycles. The molecular weight excluding hydrogens is 258 g/mol. The highest BCUT2D eigenvalue weighted by molar-refractivity contribution is 5.27. The van der Waals surface area contributed by atoms with Gasteiger partial charge in [-0.15, -0.1) is 0 Å². The molecule has 2 aromatic carbocycles. The molecule has 2 heteroatoms. The van der Waals surface area contributed by atoms with E-state index in [1.165, 1.54) is 11.1 Å². The smallest absolute Gasteiger partial charge is 0.119 e. The maximum absolute atomic E-state index is 5.48. The van der Waals surface area contributed by atoms with Crippen molar-refractivity contribution in [1.29, 1.82) is 0 Å². The van der Waals surface area contributed by atoms with Gasteiger partial charge in [-0.25, -0.2) is 0 Å². The number of hydrogen-bond donors (Lipinski definition) is 1. The highest BCUT2D eigenvalue weighted by Gasteiger charge is 2.03. The standard InChI is InChI=1S/C19H23NO/c1-3-13-21-19-11-9-18(10-12-19)15-20-16(2)14-17-7-5-4-6-8-17/h3-12,16,20H,1,13-15H2,2H3. The average Bonchev–Trinajstić information content (AvgIpc) is 2.53. The van der Waals surface area contributed by atoms with Gasteiger partial charge in [-0.1, -0.05) is 55.1 Å². The zero-order chi connectivity index (χ0) is 14.9. The Morgan fingerprint density at radius 2 is 1.76 bits per heavy atom. The van der Waals surface area contributed by atoms with Crippen LogP contribution in [0, 0.1) is 0 Å². The van der Waals surface area contributed by atoms with Gasteiger partial charge in [0, 0.05) is 12.6 Å². The summed E-state index contributed by atoms with van der Waals surface area (Å²) < 4.78 is 5.48. The van der Waals surface area contributed by atoms with E-state index in [0.29, 0.717) is 12.6 Å². The molecule has 0 amide bonds. The molecule has 0 aliphatic carbocycles. The van der Waals surface area contributed by atoms with Gasteiger partial charge in [0.25, 0.3) is 0 Å². The highest BCUT2D eigenvalue weighted by atomic mass is 16.5. The van der Waals surface area contributed by atoms with Gasteiger partial charge in [-0.3, -0.25) is 0 Å². The van der Waals surface area contributed by atoms with E-state index >= 15 is 0 Å². The Morgan fingerprint density at radius 1 is 1.05 bits per heavy atom. The van der Waals surface area contributed by atoms with Crippen molar-refractivity contribution in [3.8, 4) is 5.75 Å². The number of rotatable bonds is 8. The molecule has 0 aromatic heterocycles. The Morgan fingerprint density at radius 3 is 2.43 bits per heavy atom. The number of benzene rings is 2. The van der Waals surface area contributed by atoms with Gasteiger partial charge in [0.2, 0.25) is 0 Å². The van der Waals surface area contributed by atoms with Crippen molar-refractivity contribution in [3.05, 3.63) is 78.4 Å². The minimum absolute atomic E-state index is 0.448. The third kappa shape index (κ3) is 5.44. The van der Waals surface area contributed by atoms with Crippen molar-refractivity contribution in [2.45, 2.75) is 25.9 Å². The normalized spacial score (nSPS) is 11.9. The summed E-state index contributed by atoms with van der Waals surface area (Å²) in [4.78, 5) is 0. The molecule has 0 heterocycles. The minimum Gasteiger partial charge on any atom is -0.490 e. The van der Waals surface area contributed by atoms with Crippen LogP contribution in [0.5, 0.6) is 5.75 Å². The van der Waals surface area contributed by atoms with E-state index in [9.17, 15) is 0 Å². The molecule has 0 aliphatic heterocycles. The first kappa shape index (κ1) is 15.3. The maximum Gasteiger partial charge on any atom is 0.119 e. The summed E-state index contributed by atoms with van der Waals surface area (Å²) in [5.41, 5.74) is 2.63. The quantitative estimate of drug-likeness (QED) is 0.739. The Bertz CT molecular complexity index is 533. The van der Waals surface area contributed by atoms with Gasteiger partial charge in [-0.05, 0) is 36.6 Å². The van der Waals surface area contributed by atoms with Gasteiger partial charge in [0.15, 0.2) is 0 Å². The number of ether oxygens (including phenoxy) is 1. The molecule has 0 aliphatic rings. The van der Waals surface area contributed by atoms with Gasteiger partial charge in [0.1, 0.15) is 12.4 Å². The van der Waals surface area contributed by atoms with E-state index in [2.05, 4.69) is 61.3 Å². The van der Waals surface area contributed by atoms with Gasteiger partial charge in [-0.2, -0.15) is 0 Å². The van der Waals surface area contributed by atoms with Crippen molar-refractivity contribution in [2.75, 3.05) is 6.61 Å². The molecule has 1 atom stereocenters. The summed E-state index contributed by atoms with van der Waals surface area (Å²) in [6.07, 6.45) is 2.79. The third-order valence-corrected chi connectivity index (χ3v) is 3.33. The molecule has 21 heavy (non-hydrogen) atoms. The van der Waals surface area contributed by atoms with E-state index in [0.717, 1.165) is 18.7 Å². The Hall–Kier alpha value is -2.06. The lowest BCUT2D eigenvalue weighted by Gasteiger charge is -2.14.